The summed E-state index contributed by atoms with van der Waals surface area (Å²) in [5.74, 6) is 0. The number of hydrogen-bond acceptors (Lipinski definition) is 2. The van der Waals surface area contributed by atoms with Crippen LogP contribution in [-0.4, -0.2) is 15.8 Å². The Morgan fingerprint density at radius 1 is 1.75 bits per heavy atom. The molecular formula is C9H12N2O. The van der Waals surface area contributed by atoms with Crippen LogP contribution in [0.15, 0.2) is 18.1 Å². The summed E-state index contributed by atoms with van der Waals surface area (Å²) in [5.41, 5.74) is 1.75. The second-order valence-corrected chi connectivity index (χ2v) is 2.62. The molecule has 12 heavy (non-hydrogen) atoms. The minimum atomic E-state index is 0.759. The number of carbonyl (C=O) groups excluding carboxylic acids is 1. The lowest BCUT2D eigenvalue weighted by Crippen LogP contribution is -1.89. The van der Waals surface area contributed by atoms with Crippen LogP contribution < -0.4 is 0 Å². The van der Waals surface area contributed by atoms with Crippen molar-refractivity contribution in [3.05, 3.63) is 23.8 Å². The van der Waals surface area contributed by atoms with Crippen LogP contribution >= 0.6 is 0 Å². The van der Waals surface area contributed by atoms with Crippen molar-refractivity contribution in [2.75, 3.05) is 0 Å². The molecule has 0 bridgehead atoms. The van der Waals surface area contributed by atoms with Gasteiger partial charge in [-0.25, -0.2) is 4.98 Å². The molecule has 0 N–H and O–H groups in total. The highest BCUT2D eigenvalue weighted by molar-refractivity contribution is 5.80. The number of nitrogens with zero attached hydrogens (tertiary/aromatic N) is 2. The number of carbonyl (C=O) groups is 1. The molecule has 1 aromatic heterocycles. The van der Waals surface area contributed by atoms with E-state index in [0.29, 0.717) is 0 Å². The Balaban J connectivity index is 2.92. The van der Waals surface area contributed by atoms with Crippen LogP contribution in [0.1, 0.15) is 19.0 Å². The van der Waals surface area contributed by atoms with Gasteiger partial charge in [-0.3, -0.25) is 4.79 Å². The van der Waals surface area contributed by atoms with Crippen molar-refractivity contribution in [2.24, 2.45) is 7.05 Å². The van der Waals surface area contributed by atoms with Crippen molar-refractivity contribution < 1.29 is 4.79 Å². The lowest BCUT2D eigenvalue weighted by Gasteiger charge is -1.95. The van der Waals surface area contributed by atoms with E-state index in [0.717, 1.165) is 24.0 Å². The zero-order valence-corrected chi connectivity index (χ0v) is 7.32. The van der Waals surface area contributed by atoms with Crippen molar-refractivity contribution in [3.8, 4) is 0 Å². The summed E-state index contributed by atoms with van der Waals surface area (Å²) in [6, 6.07) is 0. The fraction of sp³-hybridized carbons (Fsp3) is 0.333. The molecule has 0 fully saturated rings. The van der Waals surface area contributed by atoms with Gasteiger partial charge < -0.3 is 4.57 Å². The molecule has 1 rings (SSSR count). The summed E-state index contributed by atoms with van der Waals surface area (Å²) in [6.07, 6.45) is 6.94. The number of aryl methyl sites for hydroxylation is 1. The zero-order chi connectivity index (χ0) is 8.97. The van der Waals surface area contributed by atoms with E-state index < -0.39 is 0 Å². The first-order chi connectivity index (χ1) is 5.77. The van der Waals surface area contributed by atoms with Gasteiger partial charge in [0.15, 0.2) is 0 Å². The zero-order valence-electron chi connectivity index (χ0n) is 7.32. The molecule has 3 heteroatoms. The Bertz CT molecular complexity index is 299. The molecule has 0 radical (unpaired) electrons. The summed E-state index contributed by atoms with van der Waals surface area (Å²) < 4.78 is 1.87. The van der Waals surface area contributed by atoms with Crippen LogP contribution in [0.4, 0.5) is 0 Å². The van der Waals surface area contributed by atoms with Crippen molar-refractivity contribution >= 4 is 12.4 Å². The topological polar surface area (TPSA) is 34.9 Å². The predicted molar refractivity (Wildman–Crippen MR) is 47.5 cm³/mol. The third-order valence-electron chi connectivity index (χ3n) is 1.75. The maximum absolute atomic E-state index is 10.5. The lowest BCUT2D eigenvalue weighted by molar-refractivity contribution is -0.104. The third kappa shape index (κ3) is 1.81. The largest absolute Gasteiger partial charge is 0.334 e. The normalized spacial score (nSPS) is 11.7. The molecule has 0 aliphatic rings. The van der Waals surface area contributed by atoms with Gasteiger partial charge in [0.05, 0.1) is 18.2 Å². The molecule has 0 saturated carbocycles. The Morgan fingerprint density at radius 3 is 2.92 bits per heavy atom. The number of rotatable bonds is 3. The monoisotopic (exact) mass is 164 g/mol. The SMILES string of the molecule is CCC(C=O)=Cc1cncn1C. The van der Waals surface area contributed by atoms with Gasteiger partial charge in [-0.05, 0) is 18.1 Å². The molecule has 0 atom stereocenters. The Morgan fingerprint density at radius 2 is 2.50 bits per heavy atom. The van der Waals surface area contributed by atoms with E-state index >= 15 is 0 Å². The third-order valence-corrected chi connectivity index (χ3v) is 1.75. The van der Waals surface area contributed by atoms with E-state index in [-0.39, 0.29) is 0 Å². The van der Waals surface area contributed by atoms with E-state index in [1.807, 2.05) is 24.6 Å². The van der Waals surface area contributed by atoms with Gasteiger partial charge in [-0.2, -0.15) is 0 Å². The summed E-state index contributed by atoms with van der Waals surface area (Å²) in [7, 11) is 1.90. The fourth-order valence-electron chi connectivity index (χ4n) is 0.916. The molecule has 0 aromatic carbocycles. The van der Waals surface area contributed by atoms with Gasteiger partial charge in [-0.15, -0.1) is 0 Å². The first kappa shape index (κ1) is 8.71. The molecule has 0 amide bonds. The summed E-state index contributed by atoms with van der Waals surface area (Å²) >= 11 is 0. The molecular weight excluding hydrogens is 152 g/mol. The fourth-order valence-corrected chi connectivity index (χ4v) is 0.916. The van der Waals surface area contributed by atoms with Crippen LogP contribution in [0.25, 0.3) is 6.08 Å². The highest BCUT2D eigenvalue weighted by Crippen LogP contribution is 2.05. The first-order valence-corrected chi connectivity index (χ1v) is 3.90. The van der Waals surface area contributed by atoms with Gasteiger partial charge in [-0.1, -0.05) is 6.92 Å². The van der Waals surface area contributed by atoms with E-state index in [1.54, 1.807) is 12.5 Å². The molecule has 0 aliphatic heterocycles. The number of hydrogen-bond donors (Lipinski definition) is 0. The highest BCUT2D eigenvalue weighted by atomic mass is 16.1. The average Bonchev–Trinajstić information content (AvgIpc) is 2.47. The minimum absolute atomic E-state index is 0.759. The smallest absolute Gasteiger partial charge is 0.146 e. The first-order valence-electron chi connectivity index (χ1n) is 3.90. The predicted octanol–water partition coefficient (Wildman–Crippen LogP) is 1.41. The molecule has 0 saturated heterocycles. The quantitative estimate of drug-likeness (QED) is 0.500. The minimum Gasteiger partial charge on any atom is -0.334 e. The van der Waals surface area contributed by atoms with Crippen LogP contribution in [0.5, 0.6) is 0 Å². The van der Waals surface area contributed by atoms with E-state index in [4.69, 9.17) is 0 Å². The van der Waals surface area contributed by atoms with Crippen molar-refractivity contribution in [1.82, 2.24) is 9.55 Å². The highest BCUT2D eigenvalue weighted by Gasteiger charge is 1.95. The van der Waals surface area contributed by atoms with Crippen LogP contribution in [-0.2, 0) is 11.8 Å². The summed E-state index contributed by atoms with van der Waals surface area (Å²) in [5, 5.41) is 0. The molecule has 64 valence electrons. The van der Waals surface area contributed by atoms with Gasteiger partial charge in [0.25, 0.3) is 0 Å². The Labute approximate surface area is 71.7 Å². The van der Waals surface area contributed by atoms with Gasteiger partial charge >= 0.3 is 0 Å². The maximum Gasteiger partial charge on any atom is 0.146 e. The van der Waals surface area contributed by atoms with Gasteiger partial charge in [0.1, 0.15) is 6.29 Å². The van der Waals surface area contributed by atoms with Crippen LogP contribution in [0.2, 0.25) is 0 Å². The van der Waals surface area contributed by atoms with Crippen molar-refractivity contribution in [3.63, 3.8) is 0 Å². The van der Waals surface area contributed by atoms with Gasteiger partial charge in [0, 0.05) is 7.05 Å². The standard InChI is InChI=1S/C9H12N2O/c1-3-8(6-12)4-9-5-10-7-11(9)2/h4-7H,3H2,1-2H3. The van der Waals surface area contributed by atoms with E-state index in [9.17, 15) is 4.79 Å². The van der Waals surface area contributed by atoms with Crippen molar-refractivity contribution in [1.29, 1.82) is 0 Å². The second-order valence-electron chi connectivity index (χ2n) is 2.62. The molecule has 0 spiro atoms. The average molecular weight is 164 g/mol. The Hall–Kier alpha value is -1.38. The molecule has 1 heterocycles. The van der Waals surface area contributed by atoms with Crippen LogP contribution in [0.3, 0.4) is 0 Å². The van der Waals surface area contributed by atoms with Crippen molar-refractivity contribution in [2.45, 2.75) is 13.3 Å². The molecule has 1 aromatic rings. The lowest BCUT2D eigenvalue weighted by atomic mass is 10.2. The maximum atomic E-state index is 10.5. The Kier molecular flexibility index (Phi) is 2.80. The van der Waals surface area contributed by atoms with Crippen LogP contribution in [0, 0.1) is 0 Å². The van der Waals surface area contributed by atoms with E-state index in [2.05, 4.69) is 4.98 Å². The van der Waals surface area contributed by atoms with Gasteiger partial charge in [0.2, 0.25) is 0 Å². The number of aromatic nitrogens is 2. The summed E-state index contributed by atoms with van der Waals surface area (Å²) in [4.78, 5) is 14.4. The second kappa shape index (κ2) is 3.85. The number of aldehydes is 1. The number of imidazole rings is 1. The van der Waals surface area contributed by atoms with E-state index in [1.165, 1.54) is 0 Å². The molecule has 0 unspecified atom stereocenters. The molecule has 3 nitrogen and oxygen atoms in total. The summed E-state index contributed by atoms with van der Waals surface area (Å²) in [6.45, 7) is 1.95. The molecule has 0 aliphatic carbocycles. The number of allylic oxidation sites excluding steroid dienone is 1.